The van der Waals surface area contributed by atoms with Crippen molar-refractivity contribution in [1.29, 1.82) is 0 Å². The van der Waals surface area contributed by atoms with Gasteiger partial charge in [0.15, 0.2) is 9.84 Å². The van der Waals surface area contributed by atoms with Gasteiger partial charge in [0, 0.05) is 17.9 Å². The first-order chi connectivity index (χ1) is 12.3. The van der Waals surface area contributed by atoms with Crippen molar-refractivity contribution in [2.45, 2.75) is 18.7 Å². The molecule has 0 aliphatic carbocycles. The van der Waals surface area contributed by atoms with E-state index in [0.29, 0.717) is 30.4 Å². The third-order valence-electron chi connectivity index (χ3n) is 3.40. The van der Waals surface area contributed by atoms with Crippen LogP contribution in [0.5, 0.6) is 11.5 Å². The van der Waals surface area contributed by atoms with Gasteiger partial charge in [-0.2, -0.15) is 0 Å². The molecule has 0 atom stereocenters. The van der Waals surface area contributed by atoms with E-state index in [0.717, 1.165) is 6.26 Å². The van der Waals surface area contributed by atoms with Crippen molar-refractivity contribution < 1.29 is 22.7 Å². The van der Waals surface area contributed by atoms with Crippen LogP contribution in [0.3, 0.4) is 0 Å². The summed E-state index contributed by atoms with van der Waals surface area (Å²) >= 11 is 5.92. The van der Waals surface area contributed by atoms with Crippen LogP contribution < -0.4 is 14.8 Å². The Hall–Kier alpha value is -2.25. The summed E-state index contributed by atoms with van der Waals surface area (Å²) in [5.41, 5.74) is 0.595. The third kappa shape index (κ3) is 4.89. The van der Waals surface area contributed by atoms with Gasteiger partial charge in [0.25, 0.3) is 5.91 Å². The Morgan fingerprint density at radius 3 is 2.38 bits per heavy atom. The van der Waals surface area contributed by atoms with Crippen LogP contribution in [0.2, 0.25) is 5.02 Å². The van der Waals surface area contributed by atoms with Crippen LogP contribution in [0.15, 0.2) is 41.3 Å². The second kappa shape index (κ2) is 8.42. The van der Waals surface area contributed by atoms with Gasteiger partial charge < -0.3 is 14.8 Å². The molecule has 0 spiro atoms. The number of carbonyl (C=O) groups excluding carboxylic acids is 1. The van der Waals surface area contributed by atoms with Crippen molar-refractivity contribution in [3.8, 4) is 11.5 Å². The molecule has 8 heteroatoms. The lowest BCUT2D eigenvalue weighted by Gasteiger charge is -2.14. The van der Waals surface area contributed by atoms with E-state index in [1.807, 2.05) is 13.8 Å². The van der Waals surface area contributed by atoms with Crippen molar-refractivity contribution in [3.05, 3.63) is 47.0 Å². The molecule has 0 aliphatic heterocycles. The maximum Gasteiger partial charge on any atom is 0.255 e. The molecule has 0 fully saturated rings. The molecule has 2 rings (SSSR count). The lowest BCUT2D eigenvalue weighted by atomic mass is 10.2. The summed E-state index contributed by atoms with van der Waals surface area (Å²) in [6, 6.07) is 9.19. The highest BCUT2D eigenvalue weighted by molar-refractivity contribution is 7.90. The Morgan fingerprint density at radius 1 is 1.08 bits per heavy atom. The molecule has 1 amide bonds. The van der Waals surface area contributed by atoms with Gasteiger partial charge in [0.2, 0.25) is 0 Å². The Kier molecular flexibility index (Phi) is 6.50. The molecular formula is C18H20ClNO5S. The van der Waals surface area contributed by atoms with Crippen LogP contribution in [0.1, 0.15) is 24.2 Å². The summed E-state index contributed by atoms with van der Waals surface area (Å²) in [5, 5.41) is 2.79. The Balaban J connectivity index is 2.36. The molecule has 26 heavy (non-hydrogen) atoms. The summed E-state index contributed by atoms with van der Waals surface area (Å²) in [7, 11) is -3.55. The van der Waals surface area contributed by atoms with Crippen molar-refractivity contribution in [1.82, 2.24) is 0 Å². The van der Waals surface area contributed by atoms with E-state index in [1.54, 1.807) is 18.2 Å². The molecule has 0 aromatic heterocycles. The van der Waals surface area contributed by atoms with Gasteiger partial charge in [0.05, 0.1) is 28.8 Å². The standard InChI is InChI=1S/C18H20ClNO5S/c1-4-24-13-7-9-16(25-5-2)15(11-13)20-18(21)12-6-8-14(19)17(10-12)26(3,22)23/h6-11H,4-5H2,1-3H3,(H,20,21). The zero-order valence-corrected chi connectivity index (χ0v) is 16.3. The second-order valence-electron chi connectivity index (χ2n) is 5.40. The number of hydrogen-bond acceptors (Lipinski definition) is 5. The van der Waals surface area contributed by atoms with Crippen LogP contribution in [-0.4, -0.2) is 33.8 Å². The van der Waals surface area contributed by atoms with Gasteiger partial charge in [-0.15, -0.1) is 0 Å². The quantitative estimate of drug-likeness (QED) is 0.768. The highest BCUT2D eigenvalue weighted by Crippen LogP contribution is 2.30. The molecule has 0 aliphatic rings. The Bertz CT molecular complexity index is 912. The lowest BCUT2D eigenvalue weighted by molar-refractivity contribution is 0.102. The maximum absolute atomic E-state index is 12.6. The largest absolute Gasteiger partial charge is 0.494 e. The average Bonchev–Trinajstić information content (AvgIpc) is 2.57. The van der Waals surface area contributed by atoms with E-state index >= 15 is 0 Å². The average molecular weight is 398 g/mol. The first-order valence-electron chi connectivity index (χ1n) is 7.96. The first kappa shape index (κ1) is 20.1. The summed E-state index contributed by atoms with van der Waals surface area (Å²) in [6.07, 6.45) is 1.04. The minimum Gasteiger partial charge on any atom is -0.494 e. The predicted molar refractivity (Wildman–Crippen MR) is 101 cm³/mol. The highest BCUT2D eigenvalue weighted by Gasteiger charge is 2.17. The summed E-state index contributed by atoms with van der Waals surface area (Å²) in [5.74, 6) is 0.585. The third-order valence-corrected chi connectivity index (χ3v) is 4.98. The molecule has 2 aromatic rings. The number of rotatable bonds is 7. The lowest BCUT2D eigenvalue weighted by Crippen LogP contribution is -2.14. The van der Waals surface area contributed by atoms with Crippen molar-refractivity contribution in [2.24, 2.45) is 0 Å². The number of ether oxygens (including phenoxy) is 2. The van der Waals surface area contributed by atoms with Gasteiger partial charge in [-0.05, 0) is 44.2 Å². The van der Waals surface area contributed by atoms with Gasteiger partial charge in [-0.3, -0.25) is 4.79 Å². The zero-order valence-electron chi connectivity index (χ0n) is 14.7. The minimum absolute atomic E-state index is 0.0670. The van der Waals surface area contributed by atoms with Crippen LogP contribution >= 0.6 is 11.6 Å². The number of anilines is 1. The highest BCUT2D eigenvalue weighted by atomic mass is 35.5. The summed E-state index contributed by atoms with van der Waals surface area (Å²) < 4.78 is 34.5. The molecule has 0 saturated heterocycles. The van der Waals surface area contributed by atoms with Crippen molar-refractivity contribution in [2.75, 3.05) is 24.8 Å². The van der Waals surface area contributed by atoms with E-state index in [4.69, 9.17) is 21.1 Å². The van der Waals surface area contributed by atoms with E-state index in [-0.39, 0.29) is 15.5 Å². The number of sulfone groups is 1. The fraction of sp³-hybridized carbons (Fsp3) is 0.278. The van der Waals surface area contributed by atoms with Crippen LogP contribution in [0.25, 0.3) is 0 Å². The first-order valence-corrected chi connectivity index (χ1v) is 10.2. The number of benzene rings is 2. The van der Waals surface area contributed by atoms with Gasteiger partial charge in [-0.1, -0.05) is 11.6 Å². The van der Waals surface area contributed by atoms with Crippen LogP contribution in [-0.2, 0) is 9.84 Å². The van der Waals surface area contributed by atoms with E-state index in [1.165, 1.54) is 18.2 Å². The van der Waals surface area contributed by atoms with Crippen molar-refractivity contribution >= 4 is 33.0 Å². The van der Waals surface area contributed by atoms with Gasteiger partial charge in [-0.25, -0.2) is 8.42 Å². The summed E-state index contributed by atoms with van der Waals surface area (Å²) in [4.78, 5) is 12.5. The normalized spacial score (nSPS) is 11.1. The number of amides is 1. The van der Waals surface area contributed by atoms with Crippen LogP contribution in [0, 0.1) is 0 Å². The molecular weight excluding hydrogens is 378 g/mol. The SMILES string of the molecule is CCOc1ccc(OCC)c(NC(=O)c2ccc(Cl)c(S(C)(=O)=O)c2)c1. The number of hydrogen-bond donors (Lipinski definition) is 1. The zero-order chi connectivity index (χ0) is 19.3. The van der Waals surface area contributed by atoms with Gasteiger partial charge >= 0.3 is 0 Å². The smallest absolute Gasteiger partial charge is 0.255 e. The molecule has 0 unspecified atom stereocenters. The fourth-order valence-corrected chi connectivity index (χ4v) is 3.57. The number of halogens is 1. The van der Waals surface area contributed by atoms with E-state index in [2.05, 4.69) is 5.32 Å². The number of nitrogens with one attached hydrogen (secondary N) is 1. The number of carbonyl (C=O) groups is 1. The summed E-state index contributed by atoms with van der Waals surface area (Å²) in [6.45, 7) is 4.60. The predicted octanol–water partition coefficient (Wildman–Crippen LogP) is 3.79. The molecule has 0 saturated carbocycles. The molecule has 140 valence electrons. The molecule has 2 aromatic carbocycles. The minimum atomic E-state index is -3.55. The van der Waals surface area contributed by atoms with E-state index < -0.39 is 15.7 Å². The Labute approximate surface area is 158 Å². The second-order valence-corrected chi connectivity index (χ2v) is 7.79. The van der Waals surface area contributed by atoms with Crippen molar-refractivity contribution in [3.63, 3.8) is 0 Å². The van der Waals surface area contributed by atoms with Crippen LogP contribution in [0.4, 0.5) is 5.69 Å². The fourth-order valence-electron chi connectivity index (χ4n) is 2.27. The van der Waals surface area contributed by atoms with E-state index in [9.17, 15) is 13.2 Å². The molecule has 0 radical (unpaired) electrons. The Morgan fingerprint density at radius 2 is 1.77 bits per heavy atom. The van der Waals surface area contributed by atoms with Gasteiger partial charge in [0.1, 0.15) is 11.5 Å². The monoisotopic (exact) mass is 397 g/mol. The maximum atomic E-state index is 12.6. The topological polar surface area (TPSA) is 81.7 Å². The molecule has 0 bridgehead atoms. The molecule has 0 heterocycles. The molecule has 6 nitrogen and oxygen atoms in total. The molecule has 1 N–H and O–H groups in total.